The van der Waals surface area contributed by atoms with Gasteiger partial charge in [0, 0.05) is 31.0 Å². The number of hydrogen-bond acceptors (Lipinski definition) is 2. The number of halogens is 4. The lowest BCUT2D eigenvalue weighted by atomic mass is 10.1. The lowest BCUT2D eigenvalue weighted by molar-refractivity contribution is -0.132. The van der Waals surface area contributed by atoms with E-state index in [0.29, 0.717) is 6.07 Å². The van der Waals surface area contributed by atoms with Gasteiger partial charge in [0.15, 0.2) is 0 Å². The zero-order valence-electron chi connectivity index (χ0n) is 15.1. The molecule has 2 atom stereocenters. The average molecular weight is 397 g/mol. The van der Waals surface area contributed by atoms with E-state index in [1.165, 1.54) is 11.0 Å². The summed E-state index contributed by atoms with van der Waals surface area (Å²) in [7, 11) is 0. The van der Waals surface area contributed by atoms with Crippen LogP contribution in [0.25, 0.3) is 10.9 Å². The van der Waals surface area contributed by atoms with Crippen LogP contribution >= 0.6 is 0 Å². The van der Waals surface area contributed by atoms with Gasteiger partial charge in [-0.2, -0.15) is 0 Å². The Labute approximate surface area is 158 Å². The number of fused-ring (bicyclic) bond motifs is 1. The molecule has 1 spiro atoms. The topological polar surface area (TPSA) is 65.2 Å². The number of aromatic nitrogens is 1. The third-order valence-electron chi connectivity index (χ3n) is 5.79. The van der Waals surface area contributed by atoms with Crippen LogP contribution in [0.5, 0.6) is 0 Å². The highest BCUT2D eigenvalue weighted by Crippen LogP contribution is 2.65. The highest BCUT2D eigenvalue weighted by atomic mass is 19.3. The molecule has 2 fully saturated rings. The molecule has 1 saturated carbocycles. The van der Waals surface area contributed by atoms with Crippen molar-refractivity contribution in [2.45, 2.75) is 38.2 Å². The summed E-state index contributed by atoms with van der Waals surface area (Å²) in [6.45, 7) is 1.92. The van der Waals surface area contributed by atoms with Crippen molar-refractivity contribution < 1.29 is 27.2 Å². The molecule has 4 rings (SSSR count). The molecular weight excluding hydrogens is 378 g/mol. The largest absolute Gasteiger partial charge is 0.350 e. The molecule has 1 aromatic heterocycles. The van der Waals surface area contributed by atoms with Gasteiger partial charge in [0.1, 0.15) is 23.4 Å². The number of nitrogens with one attached hydrogen (secondary N) is 2. The zero-order valence-corrected chi connectivity index (χ0v) is 15.1. The first-order valence-corrected chi connectivity index (χ1v) is 9.11. The van der Waals surface area contributed by atoms with E-state index in [1.54, 1.807) is 6.92 Å². The number of carbonyl (C=O) groups excluding carboxylic acids is 2. The molecule has 2 amide bonds. The zero-order chi connectivity index (χ0) is 20.3. The summed E-state index contributed by atoms with van der Waals surface area (Å²) < 4.78 is 54.2. The SMILES string of the molecule is CC[C@@H](NC(=O)c1cc2c(F)cc(F)cc2[nH]1)C(=O)N1CCC2(C1)CC2(F)F. The van der Waals surface area contributed by atoms with Crippen LogP contribution in [0.1, 0.15) is 36.7 Å². The highest BCUT2D eigenvalue weighted by Gasteiger charge is 2.73. The summed E-state index contributed by atoms with van der Waals surface area (Å²) in [4.78, 5) is 29.2. The van der Waals surface area contributed by atoms with Crippen LogP contribution in [0.15, 0.2) is 18.2 Å². The van der Waals surface area contributed by atoms with Crippen molar-refractivity contribution in [1.82, 2.24) is 15.2 Å². The molecule has 2 heterocycles. The van der Waals surface area contributed by atoms with Crippen LogP contribution in [0.2, 0.25) is 0 Å². The van der Waals surface area contributed by atoms with E-state index in [9.17, 15) is 27.2 Å². The van der Waals surface area contributed by atoms with Gasteiger partial charge in [-0.3, -0.25) is 9.59 Å². The van der Waals surface area contributed by atoms with E-state index in [-0.39, 0.29) is 48.9 Å². The van der Waals surface area contributed by atoms with Gasteiger partial charge in [0.25, 0.3) is 11.8 Å². The van der Waals surface area contributed by atoms with Crippen LogP contribution in [0.3, 0.4) is 0 Å². The number of amides is 2. The molecule has 2 N–H and O–H groups in total. The molecule has 1 aliphatic carbocycles. The van der Waals surface area contributed by atoms with Crippen molar-refractivity contribution in [1.29, 1.82) is 0 Å². The molecule has 9 heteroatoms. The fourth-order valence-electron chi connectivity index (χ4n) is 3.96. The monoisotopic (exact) mass is 397 g/mol. The lowest BCUT2D eigenvalue weighted by Crippen LogP contribution is -2.47. The minimum atomic E-state index is -2.73. The third-order valence-corrected chi connectivity index (χ3v) is 5.79. The molecule has 1 unspecified atom stereocenters. The Morgan fingerprint density at radius 1 is 1.29 bits per heavy atom. The quantitative estimate of drug-likeness (QED) is 0.779. The van der Waals surface area contributed by atoms with Crippen LogP contribution < -0.4 is 5.32 Å². The Hall–Kier alpha value is -2.58. The molecule has 150 valence electrons. The number of benzene rings is 1. The molecule has 1 aromatic carbocycles. The number of aromatic amines is 1. The highest BCUT2D eigenvalue weighted by molar-refractivity contribution is 6.00. The molecule has 1 aliphatic heterocycles. The Kier molecular flexibility index (Phi) is 4.17. The van der Waals surface area contributed by atoms with Gasteiger partial charge in [-0.15, -0.1) is 0 Å². The average Bonchev–Trinajstić information content (AvgIpc) is 3.02. The normalized spacial score (nSPS) is 24.0. The summed E-state index contributed by atoms with van der Waals surface area (Å²) in [5, 5.41) is 2.62. The molecule has 2 aliphatic rings. The van der Waals surface area contributed by atoms with Crippen molar-refractivity contribution in [2.75, 3.05) is 13.1 Å². The Balaban J connectivity index is 1.47. The van der Waals surface area contributed by atoms with Gasteiger partial charge in [-0.1, -0.05) is 6.92 Å². The van der Waals surface area contributed by atoms with Crippen LogP contribution in [-0.4, -0.2) is 46.8 Å². The number of H-pyrrole nitrogens is 1. The van der Waals surface area contributed by atoms with E-state index >= 15 is 0 Å². The standard InChI is InChI=1S/C19H19F4N3O2/c1-2-13(17(28)26-4-3-18(9-26)8-19(18,22)23)25-16(27)15-7-11-12(21)5-10(20)6-14(11)24-15/h5-7,13,24H,2-4,8-9H2,1H3,(H,25,27)/t13-,18?/m1/s1. The summed E-state index contributed by atoms with van der Waals surface area (Å²) in [6.07, 6.45) is 0.320. The molecule has 2 aromatic rings. The van der Waals surface area contributed by atoms with Gasteiger partial charge in [0.2, 0.25) is 5.91 Å². The Bertz CT molecular complexity index is 973. The van der Waals surface area contributed by atoms with Crippen molar-refractivity contribution in [2.24, 2.45) is 5.41 Å². The first-order valence-electron chi connectivity index (χ1n) is 9.11. The fraction of sp³-hybridized carbons (Fsp3) is 0.474. The number of hydrogen-bond donors (Lipinski definition) is 2. The molecule has 1 saturated heterocycles. The second-order valence-corrected chi connectivity index (χ2v) is 7.64. The molecule has 0 radical (unpaired) electrons. The first-order chi connectivity index (χ1) is 13.2. The van der Waals surface area contributed by atoms with E-state index in [1.807, 2.05) is 0 Å². The Morgan fingerprint density at radius 2 is 2.00 bits per heavy atom. The van der Waals surface area contributed by atoms with E-state index in [0.717, 1.165) is 6.07 Å². The molecule has 0 bridgehead atoms. The number of carbonyl (C=O) groups is 2. The number of likely N-dealkylation sites (tertiary alicyclic amines) is 1. The van der Waals surface area contributed by atoms with Crippen molar-refractivity contribution in [3.63, 3.8) is 0 Å². The summed E-state index contributed by atoms with van der Waals surface area (Å²) in [6, 6.07) is 2.14. The van der Waals surface area contributed by atoms with E-state index in [2.05, 4.69) is 10.3 Å². The maximum absolute atomic E-state index is 13.8. The number of alkyl halides is 2. The predicted molar refractivity (Wildman–Crippen MR) is 93.0 cm³/mol. The van der Waals surface area contributed by atoms with Crippen LogP contribution in [0, 0.1) is 17.0 Å². The predicted octanol–water partition coefficient (Wildman–Crippen LogP) is 3.21. The first kappa shape index (κ1) is 18.8. The van der Waals surface area contributed by atoms with Crippen LogP contribution in [0.4, 0.5) is 17.6 Å². The van der Waals surface area contributed by atoms with Gasteiger partial charge in [-0.25, -0.2) is 17.6 Å². The van der Waals surface area contributed by atoms with E-state index in [4.69, 9.17) is 0 Å². The Morgan fingerprint density at radius 3 is 2.61 bits per heavy atom. The van der Waals surface area contributed by atoms with Gasteiger partial charge >= 0.3 is 0 Å². The number of rotatable bonds is 4. The van der Waals surface area contributed by atoms with Crippen molar-refractivity contribution in [3.05, 3.63) is 35.5 Å². The lowest BCUT2D eigenvalue weighted by Gasteiger charge is -2.23. The minimum Gasteiger partial charge on any atom is -0.350 e. The van der Waals surface area contributed by atoms with Crippen LogP contribution in [-0.2, 0) is 4.79 Å². The number of nitrogens with zero attached hydrogens (tertiary/aromatic N) is 1. The third kappa shape index (κ3) is 2.93. The fourth-order valence-corrected chi connectivity index (χ4v) is 3.96. The summed E-state index contributed by atoms with van der Waals surface area (Å²) >= 11 is 0. The molecule has 28 heavy (non-hydrogen) atoms. The van der Waals surface area contributed by atoms with E-state index < -0.39 is 40.8 Å². The maximum atomic E-state index is 13.8. The maximum Gasteiger partial charge on any atom is 0.268 e. The van der Waals surface area contributed by atoms with Crippen molar-refractivity contribution >= 4 is 22.7 Å². The smallest absolute Gasteiger partial charge is 0.268 e. The summed E-state index contributed by atoms with van der Waals surface area (Å²) in [5.74, 6) is -5.37. The summed E-state index contributed by atoms with van der Waals surface area (Å²) in [5.41, 5.74) is -0.999. The molecule has 5 nitrogen and oxygen atoms in total. The van der Waals surface area contributed by atoms with Gasteiger partial charge in [0.05, 0.1) is 10.9 Å². The molecular formula is C19H19F4N3O2. The second-order valence-electron chi connectivity index (χ2n) is 7.64. The van der Waals surface area contributed by atoms with Gasteiger partial charge < -0.3 is 15.2 Å². The van der Waals surface area contributed by atoms with Gasteiger partial charge in [-0.05, 0) is 25.0 Å². The second kappa shape index (κ2) is 6.22. The van der Waals surface area contributed by atoms with Crippen molar-refractivity contribution in [3.8, 4) is 0 Å². The minimum absolute atomic E-state index is 0.0118.